The number of amides is 1. The molecule has 0 saturated heterocycles. The van der Waals surface area contributed by atoms with E-state index in [-0.39, 0.29) is 17.4 Å². The van der Waals surface area contributed by atoms with Crippen molar-refractivity contribution in [1.82, 2.24) is 9.80 Å². The molecule has 2 atom stereocenters. The molecule has 364 valence electrons. The maximum atomic E-state index is 12.3. The van der Waals surface area contributed by atoms with Crippen LogP contribution in [0.15, 0.2) is 65.7 Å². The van der Waals surface area contributed by atoms with Gasteiger partial charge < -0.3 is 60.6 Å². The molecule has 1 amide bonds. The van der Waals surface area contributed by atoms with Crippen molar-refractivity contribution in [3.63, 3.8) is 0 Å². The lowest BCUT2D eigenvalue weighted by Crippen LogP contribution is -2.42. The molecular formula is C42H72N4O12S4Si2. The van der Waals surface area contributed by atoms with Gasteiger partial charge >= 0.3 is 17.6 Å². The third-order valence-corrected chi connectivity index (χ3v) is 16.8. The highest BCUT2D eigenvalue weighted by molar-refractivity contribution is 8.13. The van der Waals surface area contributed by atoms with Crippen LogP contribution in [0.4, 0.5) is 16.2 Å². The van der Waals surface area contributed by atoms with Crippen molar-refractivity contribution in [2.24, 2.45) is 4.99 Å². The molecule has 2 aromatic rings. The van der Waals surface area contributed by atoms with Gasteiger partial charge in [-0.25, -0.2) is 4.79 Å². The topological polar surface area (TPSA) is 157 Å². The Morgan fingerprint density at radius 3 is 1.50 bits per heavy atom. The standard InChI is InChI=1S/C21H36N2O6S2Si.C14H31NO5S2Si.C7H5NO/c1-6-23(7-2)21(30)29-19(16-28-14-11-15-32(25-3,26-4)27-5)17-31-20(24)22-18-12-9-8-10-13-18;1-6-15(7-2)14(22)20-13(12-21)11-19-9-8-10-23(16-3,17-4)18-5;9-6-8-7-4-2-1-3-5-7/h8-10,12-13,19H,6-7,11,14-17H2,1-5H3,(H,22,24);13,21H,6-12H2,1-5H3;1-5H. The van der Waals surface area contributed by atoms with Crippen LogP contribution in [0.5, 0.6) is 0 Å². The fraction of sp³-hybridized carbons (Fsp3) is 0.619. The van der Waals surface area contributed by atoms with Gasteiger partial charge in [-0.1, -0.05) is 48.2 Å². The molecule has 2 aromatic carbocycles. The summed E-state index contributed by atoms with van der Waals surface area (Å²) in [6.45, 7) is 13.1. The highest BCUT2D eigenvalue weighted by Gasteiger charge is 2.37. The molecule has 16 nitrogen and oxygen atoms in total. The molecule has 0 aliphatic rings. The van der Waals surface area contributed by atoms with Gasteiger partial charge in [0.1, 0.15) is 12.2 Å². The van der Waals surface area contributed by atoms with Crippen LogP contribution in [-0.2, 0) is 50.3 Å². The molecule has 0 spiro atoms. The second kappa shape index (κ2) is 38.6. The lowest BCUT2D eigenvalue weighted by atomic mass is 10.3. The van der Waals surface area contributed by atoms with E-state index in [2.05, 4.69) is 22.9 Å². The summed E-state index contributed by atoms with van der Waals surface area (Å²) in [6, 6.07) is 19.7. The number of para-hydroxylation sites is 2. The van der Waals surface area contributed by atoms with Crippen molar-refractivity contribution in [2.75, 3.05) is 112 Å². The summed E-state index contributed by atoms with van der Waals surface area (Å²) in [5, 5.41) is 3.61. The minimum atomic E-state index is -2.61. The van der Waals surface area contributed by atoms with E-state index in [1.165, 1.54) is 6.08 Å². The smallest absolute Gasteiger partial charge is 0.464 e. The van der Waals surface area contributed by atoms with Gasteiger partial charge in [-0.2, -0.15) is 17.6 Å². The quantitative estimate of drug-likeness (QED) is 0.0201. The number of aliphatic imine (C=N–C) groups is 1. The van der Waals surface area contributed by atoms with E-state index < -0.39 is 17.6 Å². The van der Waals surface area contributed by atoms with Crippen LogP contribution in [0.2, 0.25) is 12.1 Å². The average molecular weight is 1010 g/mol. The van der Waals surface area contributed by atoms with E-state index in [1.54, 1.807) is 54.8 Å². The van der Waals surface area contributed by atoms with Gasteiger partial charge in [0, 0.05) is 111 Å². The molecular weight excluding hydrogens is 937 g/mol. The fourth-order valence-electron chi connectivity index (χ4n) is 5.36. The minimum absolute atomic E-state index is 0.152. The van der Waals surface area contributed by atoms with Crippen molar-refractivity contribution < 1.29 is 55.1 Å². The molecule has 1 N–H and O–H groups in total. The van der Waals surface area contributed by atoms with E-state index in [9.17, 15) is 9.59 Å². The summed E-state index contributed by atoms with van der Waals surface area (Å²) in [6.07, 6.45) is 2.46. The zero-order chi connectivity index (χ0) is 48.1. The predicted octanol–water partition coefficient (Wildman–Crippen LogP) is 8.12. The largest absolute Gasteiger partial charge is 0.500 e. The van der Waals surface area contributed by atoms with Crippen molar-refractivity contribution in [3.05, 3.63) is 60.7 Å². The number of benzene rings is 2. The third kappa shape index (κ3) is 26.6. The molecule has 0 aliphatic heterocycles. The van der Waals surface area contributed by atoms with Gasteiger partial charge in [0.05, 0.1) is 18.9 Å². The maximum Gasteiger partial charge on any atom is 0.500 e. The number of ether oxygens (including phenoxy) is 4. The number of hydrogen-bond donors (Lipinski definition) is 2. The number of hydrogen-bond acceptors (Lipinski definition) is 17. The Kier molecular flexibility index (Phi) is 37.1. The van der Waals surface area contributed by atoms with Gasteiger partial charge in [0.25, 0.3) is 15.6 Å². The molecule has 0 heterocycles. The summed E-state index contributed by atoms with van der Waals surface area (Å²) in [7, 11) is 4.49. The monoisotopic (exact) mass is 1010 g/mol. The lowest BCUT2D eigenvalue weighted by molar-refractivity contribution is 0.0461. The van der Waals surface area contributed by atoms with Crippen LogP contribution < -0.4 is 5.32 Å². The molecule has 0 bridgehead atoms. The van der Waals surface area contributed by atoms with E-state index in [0.29, 0.717) is 66.1 Å². The number of thiocarbonyl (C=S) groups is 2. The summed E-state index contributed by atoms with van der Waals surface area (Å²) in [4.78, 5) is 29.3. The summed E-state index contributed by atoms with van der Waals surface area (Å²) < 4.78 is 55.6. The Hall–Kier alpha value is -2.52. The Morgan fingerprint density at radius 1 is 0.703 bits per heavy atom. The average Bonchev–Trinajstić information content (AvgIpc) is 3.32. The van der Waals surface area contributed by atoms with Gasteiger partial charge in [0.2, 0.25) is 6.08 Å². The number of anilines is 1. The molecule has 0 aliphatic carbocycles. The van der Waals surface area contributed by atoms with Crippen LogP contribution in [0, 0.1) is 0 Å². The number of carbonyl (C=O) groups excluding carboxylic acids is 2. The normalized spacial score (nSPS) is 11.9. The SMILES string of the molecule is CCN(CC)C(=S)OC(COCCC[Si](OC)(OC)OC)CSC(=O)Nc1ccccc1.CCN(CC)C(=S)OC(CS)COCCC[Si](OC)(OC)OC.O=C=Nc1ccccc1. The minimum Gasteiger partial charge on any atom is -0.464 e. The molecule has 2 rings (SSSR count). The van der Waals surface area contributed by atoms with E-state index >= 15 is 0 Å². The number of nitrogens with one attached hydrogen (secondary N) is 1. The number of carbonyl (C=O) groups is 1. The summed E-state index contributed by atoms with van der Waals surface area (Å²) >= 11 is 16.1. The van der Waals surface area contributed by atoms with E-state index in [1.807, 2.05) is 86.0 Å². The number of thioether (sulfide) groups is 1. The van der Waals surface area contributed by atoms with Crippen LogP contribution in [0.3, 0.4) is 0 Å². The first-order valence-corrected chi connectivity index (χ1v) is 27.3. The third-order valence-electron chi connectivity index (χ3n) is 9.15. The highest BCUT2D eigenvalue weighted by atomic mass is 32.2. The molecule has 2 unspecified atom stereocenters. The first-order chi connectivity index (χ1) is 30.9. The second-order valence-corrected chi connectivity index (χ2v) is 21.4. The number of thiol groups is 1. The first kappa shape index (κ1) is 61.5. The van der Waals surface area contributed by atoms with Crippen molar-refractivity contribution >= 4 is 99.5 Å². The molecule has 0 aromatic heterocycles. The van der Waals surface area contributed by atoms with Gasteiger partial charge in [-0.05, 0) is 89.2 Å². The zero-order valence-corrected chi connectivity index (χ0v) is 44.6. The van der Waals surface area contributed by atoms with Crippen molar-refractivity contribution in [2.45, 2.75) is 64.8 Å². The zero-order valence-electron chi connectivity index (χ0n) is 39.2. The van der Waals surface area contributed by atoms with Crippen LogP contribution in [-0.4, -0.2) is 168 Å². The lowest BCUT2D eigenvalue weighted by Gasteiger charge is -2.26. The number of isocyanates is 1. The molecule has 22 heteroatoms. The van der Waals surface area contributed by atoms with E-state index in [4.69, 9.17) is 69.9 Å². The number of rotatable bonds is 29. The maximum absolute atomic E-state index is 12.3. The Balaban J connectivity index is 0.00000107. The molecule has 64 heavy (non-hydrogen) atoms. The summed E-state index contributed by atoms with van der Waals surface area (Å²) in [5.74, 6) is 0.960. The molecule has 0 saturated carbocycles. The summed E-state index contributed by atoms with van der Waals surface area (Å²) in [5.41, 5.74) is 1.40. The Morgan fingerprint density at radius 2 is 1.11 bits per heavy atom. The van der Waals surface area contributed by atoms with Gasteiger partial charge in [-0.3, -0.25) is 4.79 Å². The highest BCUT2D eigenvalue weighted by Crippen LogP contribution is 2.18. The molecule has 0 fully saturated rings. The Bertz CT molecular complexity index is 1530. The van der Waals surface area contributed by atoms with Crippen LogP contribution >= 0.6 is 48.8 Å². The van der Waals surface area contributed by atoms with E-state index in [0.717, 1.165) is 56.5 Å². The second-order valence-electron chi connectivity index (χ2n) is 13.1. The number of nitrogens with zero attached hydrogens (tertiary/aromatic N) is 3. The van der Waals surface area contributed by atoms with Gasteiger partial charge in [-0.15, -0.1) is 0 Å². The Labute approximate surface area is 404 Å². The predicted molar refractivity (Wildman–Crippen MR) is 271 cm³/mol. The van der Waals surface area contributed by atoms with Gasteiger partial charge in [0.15, 0.2) is 0 Å². The molecule has 0 radical (unpaired) electrons. The van der Waals surface area contributed by atoms with Crippen molar-refractivity contribution in [3.8, 4) is 0 Å². The first-order valence-electron chi connectivity index (χ1n) is 21.0. The van der Waals surface area contributed by atoms with Crippen molar-refractivity contribution in [1.29, 1.82) is 0 Å². The van der Waals surface area contributed by atoms with Crippen LogP contribution in [0.25, 0.3) is 0 Å². The van der Waals surface area contributed by atoms with Crippen LogP contribution in [0.1, 0.15) is 40.5 Å². The fourth-order valence-corrected chi connectivity index (χ4v) is 10.4.